The molecule has 1 aliphatic rings. The second-order valence-electron chi connectivity index (χ2n) is 3.82. The molecule has 3 heteroatoms. The molecule has 0 amide bonds. The molecule has 0 aromatic heterocycles. The lowest BCUT2D eigenvalue weighted by Gasteiger charge is -2.31. The zero-order valence-electron chi connectivity index (χ0n) is 7.74. The number of aliphatic hydroxyl groups excluding tert-OH is 1. The van der Waals surface area contributed by atoms with Crippen molar-refractivity contribution in [2.24, 2.45) is 5.92 Å². The Hall–Kier alpha value is 0.270. The standard InChI is InChI=1S/C9H19NOS/c1-8(7-12)6-10-4-2-9(11)3-5-10/h8-9,11-12H,2-7H2,1H3. The Labute approximate surface area is 80.4 Å². The van der Waals surface area contributed by atoms with Crippen LogP contribution in [-0.2, 0) is 0 Å². The molecule has 0 radical (unpaired) electrons. The highest BCUT2D eigenvalue weighted by Gasteiger charge is 2.17. The van der Waals surface area contributed by atoms with Gasteiger partial charge in [-0.3, -0.25) is 0 Å². The highest BCUT2D eigenvalue weighted by atomic mass is 32.1. The smallest absolute Gasteiger partial charge is 0.0564 e. The summed E-state index contributed by atoms with van der Waals surface area (Å²) < 4.78 is 0. The highest BCUT2D eigenvalue weighted by molar-refractivity contribution is 7.80. The first-order chi connectivity index (χ1) is 5.72. The van der Waals surface area contributed by atoms with E-state index >= 15 is 0 Å². The third kappa shape index (κ3) is 3.33. The maximum Gasteiger partial charge on any atom is 0.0564 e. The van der Waals surface area contributed by atoms with Crippen LogP contribution < -0.4 is 0 Å². The van der Waals surface area contributed by atoms with Gasteiger partial charge in [0.05, 0.1) is 6.10 Å². The first kappa shape index (κ1) is 10.4. The lowest BCUT2D eigenvalue weighted by molar-refractivity contribution is 0.0775. The van der Waals surface area contributed by atoms with E-state index in [-0.39, 0.29) is 6.10 Å². The molecule has 0 aliphatic carbocycles. The van der Waals surface area contributed by atoms with Crippen molar-refractivity contribution < 1.29 is 5.11 Å². The first-order valence-electron chi connectivity index (χ1n) is 4.73. The van der Waals surface area contributed by atoms with Gasteiger partial charge in [0.1, 0.15) is 0 Å². The predicted molar refractivity (Wildman–Crippen MR) is 54.7 cm³/mol. The van der Waals surface area contributed by atoms with E-state index < -0.39 is 0 Å². The number of hydrogen-bond acceptors (Lipinski definition) is 3. The predicted octanol–water partition coefficient (Wildman–Crippen LogP) is 1.01. The fourth-order valence-electron chi connectivity index (χ4n) is 1.60. The maximum atomic E-state index is 9.28. The Balaban J connectivity index is 2.17. The summed E-state index contributed by atoms with van der Waals surface area (Å²) in [4.78, 5) is 2.42. The molecule has 12 heavy (non-hydrogen) atoms. The van der Waals surface area contributed by atoms with Gasteiger partial charge in [-0.05, 0) is 24.5 Å². The summed E-state index contributed by atoms with van der Waals surface area (Å²) in [5, 5.41) is 9.28. The molecule has 1 aliphatic heterocycles. The fraction of sp³-hybridized carbons (Fsp3) is 1.00. The lowest BCUT2D eigenvalue weighted by Crippen LogP contribution is -2.38. The van der Waals surface area contributed by atoms with Crippen LogP contribution in [0, 0.1) is 5.92 Å². The second kappa shape index (κ2) is 5.10. The number of aliphatic hydroxyl groups is 1. The van der Waals surface area contributed by atoms with E-state index in [9.17, 15) is 5.11 Å². The molecule has 1 rings (SSSR count). The molecule has 0 bridgehead atoms. The molecule has 0 spiro atoms. The zero-order chi connectivity index (χ0) is 8.97. The molecule has 0 aromatic carbocycles. The van der Waals surface area contributed by atoms with Crippen molar-refractivity contribution in [1.82, 2.24) is 4.90 Å². The van der Waals surface area contributed by atoms with Crippen molar-refractivity contribution in [3.8, 4) is 0 Å². The zero-order valence-corrected chi connectivity index (χ0v) is 8.63. The topological polar surface area (TPSA) is 23.5 Å². The van der Waals surface area contributed by atoms with Crippen LogP contribution in [0.2, 0.25) is 0 Å². The molecule has 0 saturated carbocycles. The Kier molecular flexibility index (Phi) is 4.40. The molecule has 0 aromatic rings. The summed E-state index contributed by atoms with van der Waals surface area (Å²) in [6.07, 6.45) is 1.84. The average Bonchev–Trinajstić information content (AvgIpc) is 2.09. The number of hydrogen-bond donors (Lipinski definition) is 2. The van der Waals surface area contributed by atoms with Crippen LogP contribution in [-0.4, -0.2) is 41.5 Å². The van der Waals surface area contributed by atoms with Gasteiger partial charge in [0.2, 0.25) is 0 Å². The van der Waals surface area contributed by atoms with Gasteiger partial charge in [-0.15, -0.1) is 0 Å². The summed E-state index contributed by atoms with van der Waals surface area (Å²) >= 11 is 4.26. The molecular weight excluding hydrogens is 170 g/mol. The minimum atomic E-state index is -0.0486. The maximum absolute atomic E-state index is 9.28. The van der Waals surface area contributed by atoms with Crippen molar-refractivity contribution in [2.45, 2.75) is 25.9 Å². The Morgan fingerprint density at radius 1 is 1.50 bits per heavy atom. The van der Waals surface area contributed by atoms with E-state index in [1.54, 1.807) is 0 Å². The Morgan fingerprint density at radius 3 is 2.58 bits per heavy atom. The van der Waals surface area contributed by atoms with Gasteiger partial charge in [0.15, 0.2) is 0 Å². The molecule has 1 saturated heterocycles. The van der Waals surface area contributed by atoms with Gasteiger partial charge in [0.25, 0.3) is 0 Å². The summed E-state index contributed by atoms with van der Waals surface area (Å²) in [5.41, 5.74) is 0. The quantitative estimate of drug-likeness (QED) is 0.647. The Morgan fingerprint density at radius 2 is 2.08 bits per heavy atom. The molecular formula is C9H19NOS. The molecule has 2 nitrogen and oxygen atoms in total. The summed E-state index contributed by atoms with van der Waals surface area (Å²) in [5.74, 6) is 1.63. The van der Waals surface area contributed by atoms with E-state index in [2.05, 4.69) is 24.5 Å². The Bertz CT molecular complexity index is 124. The van der Waals surface area contributed by atoms with Crippen LogP contribution in [0.4, 0.5) is 0 Å². The van der Waals surface area contributed by atoms with E-state index in [0.717, 1.165) is 38.2 Å². The van der Waals surface area contributed by atoms with Crippen molar-refractivity contribution in [2.75, 3.05) is 25.4 Å². The number of likely N-dealkylation sites (tertiary alicyclic amines) is 1. The van der Waals surface area contributed by atoms with E-state index in [1.165, 1.54) is 0 Å². The van der Waals surface area contributed by atoms with Crippen molar-refractivity contribution >= 4 is 12.6 Å². The van der Waals surface area contributed by atoms with Gasteiger partial charge in [-0.25, -0.2) is 0 Å². The van der Waals surface area contributed by atoms with Crippen molar-refractivity contribution in [3.05, 3.63) is 0 Å². The molecule has 1 fully saturated rings. The highest BCUT2D eigenvalue weighted by Crippen LogP contribution is 2.12. The third-order valence-electron chi connectivity index (χ3n) is 2.44. The van der Waals surface area contributed by atoms with E-state index in [0.29, 0.717) is 5.92 Å². The monoisotopic (exact) mass is 189 g/mol. The summed E-state index contributed by atoms with van der Waals surface area (Å²) in [7, 11) is 0. The van der Waals surface area contributed by atoms with Gasteiger partial charge in [-0.2, -0.15) is 12.6 Å². The van der Waals surface area contributed by atoms with Crippen LogP contribution >= 0.6 is 12.6 Å². The summed E-state index contributed by atoms with van der Waals surface area (Å²) in [6.45, 7) is 5.47. The van der Waals surface area contributed by atoms with E-state index in [1.807, 2.05) is 0 Å². The third-order valence-corrected chi connectivity index (χ3v) is 3.06. The molecule has 1 heterocycles. The van der Waals surface area contributed by atoms with Crippen LogP contribution in [0.5, 0.6) is 0 Å². The van der Waals surface area contributed by atoms with Crippen LogP contribution in [0.1, 0.15) is 19.8 Å². The molecule has 72 valence electrons. The van der Waals surface area contributed by atoms with Gasteiger partial charge in [-0.1, -0.05) is 6.92 Å². The summed E-state index contributed by atoms with van der Waals surface area (Å²) in [6, 6.07) is 0. The second-order valence-corrected chi connectivity index (χ2v) is 4.18. The average molecular weight is 189 g/mol. The number of rotatable bonds is 3. The minimum Gasteiger partial charge on any atom is -0.393 e. The van der Waals surface area contributed by atoms with Crippen molar-refractivity contribution in [3.63, 3.8) is 0 Å². The van der Waals surface area contributed by atoms with Crippen molar-refractivity contribution in [1.29, 1.82) is 0 Å². The number of piperidine rings is 1. The molecule has 1 N–H and O–H groups in total. The van der Waals surface area contributed by atoms with Crippen LogP contribution in [0.3, 0.4) is 0 Å². The van der Waals surface area contributed by atoms with E-state index in [4.69, 9.17) is 0 Å². The largest absolute Gasteiger partial charge is 0.393 e. The molecule has 1 unspecified atom stereocenters. The SMILES string of the molecule is CC(CS)CN1CCC(O)CC1. The van der Waals surface area contributed by atoms with Crippen LogP contribution in [0.25, 0.3) is 0 Å². The van der Waals surface area contributed by atoms with Gasteiger partial charge in [0, 0.05) is 19.6 Å². The fourth-order valence-corrected chi connectivity index (χ4v) is 1.72. The lowest BCUT2D eigenvalue weighted by atomic mass is 10.1. The first-order valence-corrected chi connectivity index (χ1v) is 5.37. The minimum absolute atomic E-state index is 0.0486. The normalized spacial score (nSPS) is 24.2. The number of nitrogens with zero attached hydrogens (tertiary/aromatic N) is 1. The number of thiol groups is 1. The van der Waals surface area contributed by atoms with Gasteiger partial charge < -0.3 is 10.0 Å². The van der Waals surface area contributed by atoms with Crippen LogP contribution in [0.15, 0.2) is 0 Å². The molecule has 1 atom stereocenters. The van der Waals surface area contributed by atoms with Gasteiger partial charge >= 0.3 is 0 Å².